The fourth-order valence-electron chi connectivity index (χ4n) is 0.905. The molecular weight excluding hydrogens is 159 g/mol. The zero-order chi connectivity index (χ0) is 7.40. The second kappa shape index (κ2) is 3.80. The maximum atomic E-state index is 4.91. The summed E-state index contributed by atoms with van der Waals surface area (Å²) in [4.78, 5) is 0. The highest BCUT2D eigenvalue weighted by Crippen LogP contribution is 2.10. The van der Waals surface area contributed by atoms with Crippen LogP contribution in [0, 0.1) is 6.92 Å². The van der Waals surface area contributed by atoms with Crippen molar-refractivity contribution in [3.8, 4) is 0 Å². The van der Waals surface area contributed by atoms with Gasteiger partial charge in [-0.2, -0.15) is 0 Å². The van der Waals surface area contributed by atoms with E-state index in [1.54, 1.807) is 0 Å². The van der Waals surface area contributed by atoms with Gasteiger partial charge in [-0.25, -0.2) is 0 Å². The standard InChI is InChI=1S/C8H9PS/c1-7-3-2-4-8(5-7)6-9-10/h2-5H,6H2,1H3/p+1. The monoisotopic (exact) mass is 169 g/mol. The molecule has 0 amide bonds. The lowest BCUT2D eigenvalue weighted by Gasteiger charge is -1.92. The number of hydrogen-bond acceptors (Lipinski definition) is 1. The van der Waals surface area contributed by atoms with Crippen LogP contribution < -0.4 is 0 Å². The van der Waals surface area contributed by atoms with Crippen LogP contribution in [0.3, 0.4) is 0 Å². The topological polar surface area (TPSA) is 0 Å². The van der Waals surface area contributed by atoms with Crippen LogP contribution >= 0.6 is 7.36 Å². The Bertz CT molecular complexity index is 232. The van der Waals surface area contributed by atoms with Crippen LogP contribution in [-0.2, 0) is 18.0 Å². The summed E-state index contributed by atoms with van der Waals surface area (Å²) in [6.07, 6.45) is 1.05. The van der Waals surface area contributed by atoms with Crippen molar-refractivity contribution in [2.45, 2.75) is 13.1 Å². The summed E-state index contributed by atoms with van der Waals surface area (Å²) in [5.41, 5.74) is 2.69. The minimum atomic E-state index is 0.615. The Kier molecular flexibility index (Phi) is 2.98. The molecule has 1 rings (SSSR count). The number of rotatable bonds is 2. The van der Waals surface area contributed by atoms with Crippen molar-refractivity contribution in [1.82, 2.24) is 0 Å². The van der Waals surface area contributed by atoms with E-state index in [1.165, 1.54) is 11.1 Å². The second-order valence-corrected chi connectivity index (χ2v) is 3.82. The maximum absolute atomic E-state index is 4.91. The summed E-state index contributed by atoms with van der Waals surface area (Å²) in [5, 5.41) is 0. The number of aryl methyl sites for hydroxylation is 1. The van der Waals surface area contributed by atoms with Gasteiger partial charge in [0.1, 0.15) is 6.16 Å². The Morgan fingerprint density at radius 1 is 1.50 bits per heavy atom. The van der Waals surface area contributed by atoms with Gasteiger partial charge >= 0.3 is 0 Å². The van der Waals surface area contributed by atoms with Gasteiger partial charge in [0, 0.05) is 0 Å². The fraction of sp³-hybridized carbons (Fsp3) is 0.250. The SMILES string of the molecule is Cc1cccc(C[PH+]=S)c1. The molecule has 0 nitrogen and oxygen atoms in total. The smallest absolute Gasteiger partial charge is 0.0616 e. The van der Waals surface area contributed by atoms with E-state index in [9.17, 15) is 0 Å². The molecule has 0 aliphatic rings. The number of benzene rings is 1. The molecule has 0 aliphatic carbocycles. The molecule has 0 heterocycles. The summed E-state index contributed by atoms with van der Waals surface area (Å²) in [6.45, 7) is 2.11. The van der Waals surface area contributed by atoms with E-state index in [2.05, 4.69) is 31.2 Å². The molecule has 0 radical (unpaired) electrons. The van der Waals surface area contributed by atoms with E-state index in [-0.39, 0.29) is 0 Å². The quantitative estimate of drug-likeness (QED) is 0.613. The molecule has 0 bridgehead atoms. The van der Waals surface area contributed by atoms with Crippen molar-refractivity contribution in [3.05, 3.63) is 35.4 Å². The van der Waals surface area contributed by atoms with Gasteiger partial charge in [0.15, 0.2) is 19.2 Å². The van der Waals surface area contributed by atoms with E-state index < -0.39 is 0 Å². The van der Waals surface area contributed by atoms with Gasteiger partial charge in [-0.3, -0.25) is 0 Å². The Hall–Kier alpha value is -0.260. The predicted molar refractivity (Wildman–Crippen MR) is 50.6 cm³/mol. The van der Waals surface area contributed by atoms with Crippen LogP contribution in [0.2, 0.25) is 0 Å². The minimum absolute atomic E-state index is 0.615. The first-order valence-corrected chi connectivity index (χ1v) is 5.57. The molecular formula is C8H10PS+. The third kappa shape index (κ3) is 2.17. The third-order valence-electron chi connectivity index (χ3n) is 1.36. The average Bonchev–Trinajstić information content (AvgIpc) is 1.88. The summed E-state index contributed by atoms with van der Waals surface area (Å²) in [7, 11) is 0.615. The lowest BCUT2D eigenvalue weighted by Crippen LogP contribution is -1.77. The second-order valence-electron chi connectivity index (χ2n) is 2.31. The molecule has 1 aromatic carbocycles. The van der Waals surface area contributed by atoms with Crippen molar-refractivity contribution in [2.24, 2.45) is 0 Å². The third-order valence-corrected chi connectivity index (χ3v) is 2.34. The molecule has 0 fully saturated rings. The Balaban J connectivity index is 2.84. The van der Waals surface area contributed by atoms with Crippen LogP contribution in [-0.4, -0.2) is 0 Å². The molecule has 52 valence electrons. The van der Waals surface area contributed by atoms with Crippen LogP contribution in [0.15, 0.2) is 24.3 Å². The largest absolute Gasteiger partial charge is 0.165 e. The van der Waals surface area contributed by atoms with Crippen molar-refractivity contribution in [3.63, 3.8) is 0 Å². The molecule has 10 heavy (non-hydrogen) atoms. The van der Waals surface area contributed by atoms with Gasteiger partial charge in [-0.05, 0) is 12.5 Å². The zero-order valence-corrected chi connectivity index (χ0v) is 7.74. The molecule has 0 N–H and O–H groups in total. The summed E-state index contributed by atoms with van der Waals surface area (Å²) < 4.78 is 0. The molecule has 2 heteroatoms. The van der Waals surface area contributed by atoms with Gasteiger partial charge in [0.2, 0.25) is 0 Å². The molecule has 0 aromatic heterocycles. The molecule has 1 atom stereocenters. The van der Waals surface area contributed by atoms with E-state index >= 15 is 0 Å². The highest BCUT2D eigenvalue weighted by molar-refractivity contribution is 7.96. The Morgan fingerprint density at radius 2 is 2.30 bits per heavy atom. The highest BCUT2D eigenvalue weighted by atomic mass is 32.4. The summed E-state index contributed by atoms with van der Waals surface area (Å²) >= 11 is 4.91. The van der Waals surface area contributed by atoms with Gasteiger partial charge in [0.05, 0.1) is 0 Å². The molecule has 1 aromatic rings. The first-order chi connectivity index (χ1) is 4.83. The Morgan fingerprint density at radius 3 is 2.90 bits per heavy atom. The lowest BCUT2D eigenvalue weighted by molar-refractivity contribution is 1.36. The van der Waals surface area contributed by atoms with Gasteiger partial charge in [-0.15, -0.1) is 0 Å². The average molecular weight is 169 g/mol. The van der Waals surface area contributed by atoms with Crippen LogP contribution in [0.4, 0.5) is 0 Å². The van der Waals surface area contributed by atoms with Crippen molar-refractivity contribution < 1.29 is 0 Å². The van der Waals surface area contributed by atoms with Gasteiger partial charge in [0.25, 0.3) is 0 Å². The van der Waals surface area contributed by atoms with Crippen LogP contribution in [0.1, 0.15) is 11.1 Å². The first kappa shape index (κ1) is 7.84. The van der Waals surface area contributed by atoms with Crippen molar-refractivity contribution in [1.29, 1.82) is 0 Å². The fourth-order valence-corrected chi connectivity index (χ4v) is 1.79. The first-order valence-electron chi connectivity index (χ1n) is 3.23. The van der Waals surface area contributed by atoms with E-state index in [0.717, 1.165) is 6.16 Å². The van der Waals surface area contributed by atoms with Gasteiger partial charge in [-0.1, -0.05) is 29.8 Å². The van der Waals surface area contributed by atoms with E-state index in [0.29, 0.717) is 7.36 Å². The number of hydrogen-bond donors (Lipinski definition) is 0. The molecule has 0 saturated carbocycles. The maximum Gasteiger partial charge on any atom is 0.165 e. The molecule has 0 spiro atoms. The molecule has 0 saturated heterocycles. The Labute approximate surface area is 68.1 Å². The summed E-state index contributed by atoms with van der Waals surface area (Å²) in [6, 6.07) is 8.52. The lowest BCUT2D eigenvalue weighted by atomic mass is 10.2. The van der Waals surface area contributed by atoms with Crippen LogP contribution in [0.25, 0.3) is 0 Å². The summed E-state index contributed by atoms with van der Waals surface area (Å²) in [5.74, 6) is 0. The minimum Gasteiger partial charge on any atom is -0.0616 e. The van der Waals surface area contributed by atoms with E-state index in [1.807, 2.05) is 0 Å². The van der Waals surface area contributed by atoms with Gasteiger partial charge < -0.3 is 0 Å². The predicted octanol–water partition coefficient (Wildman–Crippen LogP) is 2.64. The van der Waals surface area contributed by atoms with Crippen molar-refractivity contribution in [2.75, 3.05) is 0 Å². The van der Waals surface area contributed by atoms with E-state index in [4.69, 9.17) is 11.8 Å². The molecule has 1 unspecified atom stereocenters. The van der Waals surface area contributed by atoms with Crippen LogP contribution in [0.5, 0.6) is 0 Å². The zero-order valence-electron chi connectivity index (χ0n) is 5.92. The molecule has 0 aliphatic heterocycles. The van der Waals surface area contributed by atoms with Crippen molar-refractivity contribution >= 4 is 19.2 Å². The highest BCUT2D eigenvalue weighted by Gasteiger charge is 1.93. The normalized spacial score (nSPS) is 10.1.